The Morgan fingerprint density at radius 1 is 1.56 bits per heavy atom. The fourth-order valence-corrected chi connectivity index (χ4v) is 1.68. The SMILES string of the molecule is CS(=O)CCNC(=O)c1cc(O)ccc1Cl. The maximum absolute atomic E-state index is 11.6. The van der Waals surface area contributed by atoms with Crippen molar-refractivity contribution < 1.29 is 14.1 Å². The molecule has 0 heterocycles. The Labute approximate surface area is 101 Å². The second-order valence-electron chi connectivity index (χ2n) is 3.20. The van der Waals surface area contributed by atoms with Crippen LogP contribution in [0.15, 0.2) is 18.2 Å². The van der Waals surface area contributed by atoms with Crippen molar-refractivity contribution in [1.82, 2.24) is 5.32 Å². The molecule has 0 radical (unpaired) electrons. The van der Waals surface area contributed by atoms with Crippen LogP contribution in [-0.4, -0.2) is 33.8 Å². The minimum atomic E-state index is -0.945. The number of halogens is 1. The minimum Gasteiger partial charge on any atom is -0.508 e. The predicted octanol–water partition coefficient (Wildman–Crippen LogP) is 1.15. The third kappa shape index (κ3) is 3.83. The van der Waals surface area contributed by atoms with Crippen LogP contribution in [0.4, 0.5) is 0 Å². The molecular formula is C10H12ClNO3S. The van der Waals surface area contributed by atoms with E-state index in [2.05, 4.69) is 5.32 Å². The molecule has 6 heteroatoms. The van der Waals surface area contributed by atoms with Crippen molar-refractivity contribution in [2.24, 2.45) is 0 Å². The highest BCUT2D eigenvalue weighted by Crippen LogP contribution is 2.20. The molecule has 88 valence electrons. The summed E-state index contributed by atoms with van der Waals surface area (Å²) in [7, 11) is -0.945. The van der Waals surface area contributed by atoms with Gasteiger partial charge in [0.25, 0.3) is 5.91 Å². The van der Waals surface area contributed by atoms with E-state index in [1.807, 2.05) is 0 Å². The van der Waals surface area contributed by atoms with Gasteiger partial charge < -0.3 is 10.4 Å². The van der Waals surface area contributed by atoms with Crippen LogP contribution in [-0.2, 0) is 10.8 Å². The molecule has 0 saturated carbocycles. The van der Waals surface area contributed by atoms with Gasteiger partial charge >= 0.3 is 0 Å². The Balaban J connectivity index is 2.65. The quantitative estimate of drug-likeness (QED) is 0.855. The number of hydrogen-bond donors (Lipinski definition) is 2. The summed E-state index contributed by atoms with van der Waals surface area (Å²) in [6.45, 7) is 0.313. The molecule has 0 aromatic heterocycles. The Morgan fingerprint density at radius 2 is 2.25 bits per heavy atom. The first-order chi connectivity index (χ1) is 7.50. The van der Waals surface area contributed by atoms with Crippen LogP contribution in [0.2, 0.25) is 5.02 Å². The summed E-state index contributed by atoms with van der Waals surface area (Å²) >= 11 is 5.80. The molecule has 0 aliphatic carbocycles. The topological polar surface area (TPSA) is 66.4 Å². The van der Waals surface area contributed by atoms with Gasteiger partial charge in [0.05, 0.1) is 10.6 Å². The molecule has 16 heavy (non-hydrogen) atoms. The summed E-state index contributed by atoms with van der Waals surface area (Å²) in [5, 5.41) is 12.1. The molecule has 0 aliphatic rings. The number of phenols is 1. The van der Waals surface area contributed by atoms with Gasteiger partial charge in [-0.2, -0.15) is 0 Å². The highest BCUT2D eigenvalue weighted by atomic mass is 35.5. The molecule has 1 unspecified atom stereocenters. The molecule has 2 N–H and O–H groups in total. The zero-order chi connectivity index (χ0) is 12.1. The number of benzene rings is 1. The fraction of sp³-hybridized carbons (Fsp3) is 0.300. The average molecular weight is 262 g/mol. The maximum Gasteiger partial charge on any atom is 0.252 e. The fourth-order valence-electron chi connectivity index (χ4n) is 1.09. The summed E-state index contributed by atoms with van der Waals surface area (Å²) in [6, 6.07) is 4.14. The van der Waals surface area contributed by atoms with E-state index >= 15 is 0 Å². The summed E-state index contributed by atoms with van der Waals surface area (Å²) in [4.78, 5) is 11.6. The standard InChI is InChI=1S/C10H12ClNO3S/c1-16(15)5-4-12-10(14)8-6-7(13)2-3-9(8)11/h2-3,6,13H,4-5H2,1H3,(H,12,14). The van der Waals surface area contributed by atoms with Crippen molar-refractivity contribution in [3.63, 3.8) is 0 Å². The Morgan fingerprint density at radius 3 is 2.88 bits per heavy atom. The number of phenolic OH excluding ortho intramolecular Hbond substituents is 1. The number of carbonyl (C=O) groups is 1. The number of hydrogen-bond acceptors (Lipinski definition) is 3. The van der Waals surface area contributed by atoms with Gasteiger partial charge in [0.1, 0.15) is 5.75 Å². The van der Waals surface area contributed by atoms with E-state index in [4.69, 9.17) is 11.6 Å². The molecule has 0 aliphatic heterocycles. The Bertz CT molecular complexity index is 423. The van der Waals surface area contributed by atoms with E-state index < -0.39 is 10.8 Å². The van der Waals surface area contributed by atoms with Crippen LogP contribution in [0.1, 0.15) is 10.4 Å². The van der Waals surface area contributed by atoms with E-state index in [0.29, 0.717) is 12.3 Å². The average Bonchev–Trinajstić information content (AvgIpc) is 2.21. The molecule has 1 aromatic rings. The smallest absolute Gasteiger partial charge is 0.252 e. The monoisotopic (exact) mass is 261 g/mol. The first kappa shape index (κ1) is 13.0. The lowest BCUT2D eigenvalue weighted by Crippen LogP contribution is -2.27. The highest BCUT2D eigenvalue weighted by Gasteiger charge is 2.10. The highest BCUT2D eigenvalue weighted by molar-refractivity contribution is 7.84. The molecule has 4 nitrogen and oxygen atoms in total. The first-order valence-electron chi connectivity index (χ1n) is 4.57. The molecular weight excluding hydrogens is 250 g/mol. The van der Waals surface area contributed by atoms with Gasteiger partial charge in [0, 0.05) is 29.4 Å². The van der Waals surface area contributed by atoms with Crippen molar-refractivity contribution in [3.05, 3.63) is 28.8 Å². The molecule has 0 bridgehead atoms. The van der Waals surface area contributed by atoms with E-state index in [-0.39, 0.29) is 22.2 Å². The third-order valence-corrected chi connectivity index (χ3v) is 2.98. The number of nitrogens with one attached hydrogen (secondary N) is 1. The van der Waals surface area contributed by atoms with Crippen molar-refractivity contribution in [3.8, 4) is 5.75 Å². The lowest BCUT2D eigenvalue weighted by molar-refractivity contribution is 0.0956. The van der Waals surface area contributed by atoms with Crippen LogP contribution in [0.3, 0.4) is 0 Å². The maximum atomic E-state index is 11.6. The van der Waals surface area contributed by atoms with Crippen LogP contribution in [0.5, 0.6) is 5.75 Å². The second kappa shape index (κ2) is 5.86. The lowest BCUT2D eigenvalue weighted by atomic mass is 10.2. The van der Waals surface area contributed by atoms with Crippen LogP contribution in [0, 0.1) is 0 Å². The molecule has 1 aromatic carbocycles. The molecule has 1 atom stereocenters. The van der Waals surface area contributed by atoms with E-state index in [1.165, 1.54) is 18.2 Å². The Hall–Kier alpha value is -1.07. The molecule has 0 fully saturated rings. The van der Waals surface area contributed by atoms with Crippen LogP contribution >= 0.6 is 11.6 Å². The zero-order valence-corrected chi connectivity index (χ0v) is 10.3. The number of aromatic hydroxyl groups is 1. The van der Waals surface area contributed by atoms with Gasteiger partial charge in [-0.25, -0.2) is 0 Å². The van der Waals surface area contributed by atoms with Gasteiger partial charge in [-0.05, 0) is 18.2 Å². The number of rotatable bonds is 4. The van der Waals surface area contributed by atoms with Gasteiger partial charge in [-0.1, -0.05) is 11.6 Å². The number of amides is 1. The number of carbonyl (C=O) groups excluding carboxylic acids is 1. The normalized spacial score (nSPS) is 12.1. The van der Waals surface area contributed by atoms with Crippen molar-refractivity contribution >= 4 is 28.3 Å². The van der Waals surface area contributed by atoms with E-state index in [0.717, 1.165) is 0 Å². The summed E-state index contributed by atoms with van der Waals surface area (Å²) in [5.41, 5.74) is 0.212. The zero-order valence-electron chi connectivity index (χ0n) is 8.70. The van der Waals surface area contributed by atoms with Gasteiger partial charge in [0.15, 0.2) is 0 Å². The predicted molar refractivity (Wildman–Crippen MR) is 64.4 cm³/mol. The van der Waals surface area contributed by atoms with E-state index in [9.17, 15) is 14.1 Å². The lowest BCUT2D eigenvalue weighted by Gasteiger charge is -2.06. The second-order valence-corrected chi connectivity index (χ2v) is 5.16. The summed E-state index contributed by atoms with van der Waals surface area (Å²) in [6.07, 6.45) is 1.56. The molecule has 0 saturated heterocycles. The van der Waals surface area contributed by atoms with Crippen LogP contribution < -0.4 is 5.32 Å². The first-order valence-corrected chi connectivity index (χ1v) is 6.68. The Kier molecular flexibility index (Phi) is 4.76. The van der Waals surface area contributed by atoms with Gasteiger partial charge in [0.2, 0.25) is 0 Å². The van der Waals surface area contributed by atoms with Crippen LogP contribution in [0.25, 0.3) is 0 Å². The van der Waals surface area contributed by atoms with E-state index in [1.54, 1.807) is 6.26 Å². The molecule has 1 amide bonds. The van der Waals surface area contributed by atoms with Crippen molar-refractivity contribution in [2.75, 3.05) is 18.6 Å². The largest absolute Gasteiger partial charge is 0.508 e. The van der Waals surface area contributed by atoms with Gasteiger partial charge in [-0.3, -0.25) is 9.00 Å². The molecule has 0 spiro atoms. The van der Waals surface area contributed by atoms with Gasteiger partial charge in [-0.15, -0.1) is 0 Å². The molecule has 1 rings (SSSR count). The minimum absolute atomic E-state index is 0.0198. The van der Waals surface area contributed by atoms with Crippen molar-refractivity contribution in [2.45, 2.75) is 0 Å². The summed E-state index contributed by atoms with van der Waals surface area (Å²) in [5.74, 6) is -0.0118. The third-order valence-electron chi connectivity index (χ3n) is 1.87. The van der Waals surface area contributed by atoms with Crippen molar-refractivity contribution in [1.29, 1.82) is 0 Å². The summed E-state index contributed by atoms with van der Waals surface area (Å²) < 4.78 is 10.8.